The van der Waals surface area contributed by atoms with Crippen molar-refractivity contribution < 1.29 is 14.2 Å². The standard InChI is InChI=1S/C28H25NO3/c1-3-23-18-24(30-2)14-15-25(23)26-16-17-27(31-19-21-10-6-4-7-11-21)29-28(26)32-20-22-12-8-5-9-13-22/h3-18H,1,19-20H2,2H3. The van der Waals surface area contributed by atoms with Gasteiger partial charge in [0.1, 0.15) is 19.0 Å². The van der Waals surface area contributed by atoms with Crippen LogP contribution >= 0.6 is 0 Å². The number of hydrogen-bond donors (Lipinski definition) is 0. The predicted molar refractivity (Wildman–Crippen MR) is 128 cm³/mol. The summed E-state index contributed by atoms with van der Waals surface area (Å²) in [7, 11) is 1.65. The molecule has 3 aromatic carbocycles. The molecule has 0 unspecified atom stereocenters. The average Bonchev–Trinajstić information content (AvgIpc) is 2.87. The van der Waals surface area contributed by atoms with Gasteiger partial charge in [0.25, 0.3) is 0 Å². The molecule has 4 rings (SSSR count). The Morgan fingerprint density at radius 1 is 0.750 bits per heavy atom. The highest BCUT2D eigenvalue weighted by Gasteiger charge is 2.14. The lowest BCUT2D eigenvalue weighted by molar-refractivity contribution is 0.268. The highest BCUT2D eigenvalue weighted by molar-refractivity contribution is 5.79. The van der Waals surface area contributed by atoms with Crippen LogP contribution < -0.4 is 14.2 Å². The summed E-state index contributed by atoms with van der Waals surface area (Å²) in [6.45, 7) is 4.80. The first-order valence-electron chi connectivity index (χ1n) is 10.4. The van der Waals surface area contributed by atoms with Gasteiger partial charge in [0.15, 0.2) is 0 Å². The summed E-state index contributed by atoms with van der Waals surface area (Å²) in [5.41, 5.74) is 4.91. The molecule has 0 spiro atoms. The van der Waals surface area contributed by atoms with Gasteiger partial charge in [-0.1, -0.05) is 73.3 Å². The zero-order valence-corrected chi connectivity index (χ0v) is 18.0. The number of benzene rings is 3. The molecule has 0 radical (unpaired) electrons. The van der Waals surface area contributed by atoms with E-state index in [4.69, 9.17) is 14.2 Å². The van der Waals surface area contributed by atoms with Crippen LogP contribution in [-0.4, -0.2) is 12.1 Å². The van der Waals surface area contributed by atoms with Crippen molar-refractivity contribution in [3.63, 3.8) is 0 Å². The van der Waals surface area contributed by atoms with Crippen molar-refractivity contribution >= 4 is 6.08 Å². The van der Waals surface area contributed by atoms with Crippen LogP contribution in [0, 0.1) is 0 Å². The van der Waals surface area contributed by atoms with Gasteiger partial charge in [-0.3, -0.25) is 0 Å². The topological polar surface area (TPSA) is 40.6 Å². The second-order valence-electron chi connectivity index (χ2n) is 7.21. The fourth-order valence-corrected chi connectivity index (χ4v) is 3.36. The van der Waals surface area contributed by atoms with Gasteiger partial charge in [0, 0.05) is 11.6 Å². The maximum atomic E-state index is 6.17. The van der Waals surface area contributed by atoms with Gasteiger partial charge in [0.2, 0.25) is 11.8 Å². The Morgan fingerprint density at radius 2 is 1.38 bits per heavy atom. The van der Waals surface area contributed by atoms with Crippen molar-refractivity contribution in [2.75, 3.05) is 7.11 Å². The smallest absolute Gasteiger partial charge is 0.225 e. The molecule has 0 aliphatic rings. The van der Waals surface area contributed by atoms with Crippen LogP contribution in [0.3, 0.4) is 0 Å². The monoisotopic (exact) mass is 423 g/mol. The summed E-state index contributed by atoms with van der Waals surface area (Å²) in [5, 5.41) is 0. The quantitative estimate of drug-likeness (QED) is 0.306. The summed E-state index contributed by atoms with van der Waals surface area (Å²) in [6.07, 6.45) is 1.80. The summed E-state index contributed by atoms with van der Waals surface area (Å²) in [5.74, 6) is 1.79. The van der Waals surface area contributed by atoms with Crippen molar-refractivity contribution in [3.8, 4) is 28.6 Å². The molecule has 4 aromatic rings. The molecule has 0 aliphatic heterocycles. The Bertz CT molecular complexity index is 1170. The van der Waals surface area contributed by atoms with Crippen molar-refractivity contribution in [2.45, 2.75) is 13.2 Å². The van der Waals surface area contributed by atoms with Gasteiger partial charge in [-0.15, -0.1) is 0 Å². The minimum atomic E-state index is 0.405. The SMILES string of the molecule is C=Cc1cc(OC)ccc1-c1ccc(OCc2ccccc2)nc1OCc1ccccc1. The van der Waals surface area contributed by atoms with Gasteiger partial charge >= 0.3 is 0 Å². The van der Waals surface area contributed by atoms with E-state index >= 15 is 0 Å². The van der Waals surface area contributed by atoms with Crippen LogP contribution in [0.15, 0.2) is 97.6 Å². The molecule has 0 amide bonds. The molecule has 1 heterocycles. The van der Waals surface area contributed by atoms with Crippen molar-refractivity contribution in [2.24, 2.45) is 0 Å². The van der Waals surface area contributed by atoms with Crippen LogP contribution in [0.2, 0.25) is 0 Å². The summed E-state index contributed by atoms with van der Waals surface area (Å²) >= 11 is 0. The number of nitrogens with zero attached hydrogens (tertiary/aromatic N) is 1. The molecule has 0 N–H and O–H groups in total. The molecular formula is C28H25NO3. The number of ether oxygens (including phenoxy) is 3. The second kappa shape index (κ2) is 10.3. The van der Waals surface area contributed by atoms with E-state index in [0.717, 1.165) is 33.6 Å². The first kappa shape index (κ1) is 21.2. The number of aromatic nitrogens is 1. The van der Waals surface area contributed by atoms with Crippen LogP contribution in [0.25, 0.3) is 17.2 Å². The maximum Gasteiger partial charge on any atom is 0.225 e. The lowest BCUT2D eigenvalue weighted by Crippen LogP contribution is -2.03. The van der Waals surface area contributed by atoms with E-state index in [2.05, 4.69) is 11.6 Å². The molecule has 4 nitrogen and oxygen atoms in total. The molecule has 0 fully saturated rings. The molecule has 0 bridgehead atoms. The van der Waals surface area contributed by atoms with Gasteiger partial charge in [-0.25, -0.2) is 0 Å². The van der Waals surface area contributed by atoms with E-state index < -0.39 is 0 Å². The van der Waals surface area contributed by atoms with Gasteiger partial charge < -0.3 is 14.2 Å². The van der Waals surface area contributed by atoms with E-state index in [1.807, 2.05) is 91.0 Å². The normalized spacial score (nSPS) is 10.4. The zero-order valence-electron chi connectivity index (χ0n) is 18.0. The Labute approximate surface area is 188 Å². The lowest BCUT2D eigenvalue weighted by atomic mass is 10.00. The molecule has 0 atom stereocenters. The summed E-state index contributed by atoms with van der Waals surface area (Å²) in [6, 6.07) is 29.7. The van der Waals surface area contributed by atoms with Gasteiger partial charge in [-0.05, 0) is 46.5 Å². The fourth-order valence-electron chi connectivity index (χ4n) is 3.36. The van der Waals surface area contributed by atoms with Crippen molar-refractivity contribution in [1.29, 1.82) is 0 Å². The third kappa shape index (κ3) is 5.16. The van der Waals surface area contributed by atoms with Crippen LogP contribution in [0.4, 0.5) is 0 Å². The van der Waals surface area contributed by atoms with E-state index in [0.29, 0.717) is 25.0 Å². The van der Waals surface area contributed by atoms with Gasteiger partial charge in [0.05, 0.1) is 7.11 Å². The molecule has 0 aliphatic carbocycles. The number of rotatable bonds is 9. The highest BCUT2D eigenvalue weighted by atomic mass is 16.5. The van der Waals surface area contributed by atoms with Crippen LogP contribution in [-0.2, 0) is 13.2 Å². The lowest BCUT2D eigenvalue weighted by Gasteiger charge is -2.15. The molecule has 1 aromatic heterocycles. The number of methoxy groups -OCH3 is 1. The molecule has 32 heavy (non-hydrogen) atoms. The van der Waals surface area contributed by atoms with E-state index in [9.17, 15) is 0 Å². The Kier molecular flexibility index (Phi) is 6.83. The summed E-state index contributed by atoms with van der Waals surface area (Å²) in [4.78, 5) is 4.69. The zero-order chi connectivity index (χ0) is 22.2. The molecule has 4 heteroatoms. The Morgan fingerprint density at radius 3 is 2.00 bits per heavy atom. The molecule has 0 saturated heterocycles. The van der Waals surface area contributed by atoms with Crippen molar-refractivity contribution in [1.82, 2.24) is 4.98 Å². The molecule has 0 saturated carbocycles. The van der Waals surface area contributed by atoms with Gasteiger partial charge in [-0.2, -0.15) is 4.98 Å². The third-order valence-electron chi connectivity index (χ3n) is 5.05. The van der Waals surface area contributed by atoms with E-state index in [1.165, 1.54) is 0 Å². The predicted octanol–water partition coefficient (Wildman–Crippen LogP) is 6.56. The van der Waals surface area contributed by atoms with Crippen LogP contribution in [0.1, 0.15) is 16.7 Å². The first-order chi connectivity index (χ1) is 15.8. The number of hydrogen-bond acceptors (Lipinski definition) is 4. The second-order valence-corrected chi connectivity index (χ2v) is 7.21. The largest absolute Gasteiger partial charge is 0.497 e. The third-order valence-corrected chi connectivity index (χ3v) is 5.05. The highest BCUT2D eigenvalue weighted by Crippen LogP contribution is 2.35. The maximum absolute atomic E-state index is 6.17. The molecule has 160 valence electrons. The van der Waals surface area contributed by atoms with Crippen molar-refractivity contribution in [3.05, 3.63) is 114 Å². The Balaban J connectivity index is 1.66. The average molecular weight is 424 g/mol. The van der Waals surface area contributed by atoms with Crippen LogP contribution in [0.5, 0.6) is 17.5 Å². The van der Waals surface area contributed by atoms with E-state index in [1.54, 1.807) is 13.2 Å². The summed E-state index contributed by atoms with van der Waals surface area (Å²) < 4.78 is 17.5. The minimum absolute atomic E-state index is 0.405. The fraction of sp³-hybridized carbons (Fsp3) is 0.107. The molecular weight excluding hydrogens is 398 g/mol. The first-order valence-corrected chi connectivity index (χ1v) is 10.4. The number of pyridine rings is 1. The minimum Gasteiger partial charge on any atom is -0.497 e. The Hall–Kier alpha value is -4.05. The van der Waals surface area contributed by atoms with E-state index in [-0.39, 0.29) is 0 Å².